The number of ether oxygens (including phenoxy) is 1. The number of hydrogen-bond acceptors (Lipinski definition) is 4. The molecule has 3 N–H and O–H groups in total. The molecule has 0 saturated carbocycles. The van der Waals surface area contributed by atoms with Gasteiger partial charge in [0.1, 0.15) is 0 Å². The molecule has 0 aromatic carbocycles. The fraction of sp³-hybridized carbons (Fsp3) is 0.667. The van der Waals surface area contributed by atoms with Gasteiger partial charge in [-0.15, -0.1) is 0 Å². The highest BCUT2D eigenvalue weighted by Crippen LogP contribution is 2.29. The van der Waals surface area contributed by atoms with Gasteiger partial charge in [0.05, 0.1) is 24.5 Å². The van der Waals surface area contributed by atoms with E-state index in [2.05, 4.69) is 5.10 Å². The maximum absolute atomic E-state index is 9.81. The van der Waals surface area contributed by atoms with E-state index in [0.29, 0.717) is 18.8 Å². The van der Waals surface area contributed by atoms with Crippen molar-refractivity contribution in [2.45, 2.75) is 19.4 Å². The smallest absolute Gasteiger partial charge is 0.217 e. The molecule has 0 aliphatic rings. The van der Waals surface area contributed by atoms with E-state index in [1.165, 1.54) is 0 Å². The molecule has 0 bridgehead atoms. The van der Waals surface area contributed by atoms with Gasteiger partial charge in [-0.1, -0.05) is 0 Å². The van der Waals surface area contributed by atoms with Gasteiger partial charge >= 0.3 is 0 Å². The number of aliphatic hydroxyl groups excluding tert-OH is 1. The van der Waals surface area contributed by atoms with Crippen LogP contribution in [0.2, 0.25) is 0 Å². The lowest BCUT2D eigenvalue weighted by molar-refractivity contribution is 0.165. The summed E-state index contributed by atoms with van der Waals surface area (Å²) < 4.78 is 6.78. The lowest BCUT2D eigenvalue weighted by Gasteiger charge is -2.10. The van der Waals surface area contributed by atoms with Gasteiger partial charge in [-0.25, -0.2) is 4.68 Å². The standard InChI is InChI=1S/C9H17N3O2/c1-6-8(7(13)4-5-10)9(14-3)12(2)11-6/h7,13H,4-5,10H2,1-3H3. The van der Waals surface area contributed by atoms with Crippen LogP contribution in [0.5, 0.6) is 5.88 Å². The van der Waals surface area contributed by atoms with Crippen molar-refractivity contribution in [3.05, 3.63) is 11.3 Å². The minimum Gasteiger partial charge on any atom is -0.481 e. The Balaban J connectivity index is 3.04. The molecule has 0 spiro atoms. The van der Waals surface area contributed by atoms with Crippen LogP contribution in [-0.2, 0) is 7.05 Å². The summed E-state index contributed by atoms with van der Waals surface area (Å²) in [5.74, 6) is 0.600. The molecule has 14 heavy (non-hydrogen) atoms. The molecule has 1 atom stereocenters. The summed E-state index contributed by atoms with van der Waals surface area (Å²) in [4.78, 5) is 0. The number of methoxy groups -OCH3 is 1. The van der Waals surface area contributed by atoms with Gasteiger partial charge in [-0.05, 0) is 19.9 Å². The first kappa shape index (κ1) is 11.0. The molecule has 0 saturated heterocycles. The second-order valence-corrected chi connectivity index (χ2v) is 3.23. The monoisotopic (exact) mass is 199 g/mol. The van der Waals surface area contributed by atoms with Crippen LogP contribution >= 0.6 is 0 Å². The third-order valence-corrected chi connectivity index (χ3v) is 2.18. The van der Waals surface area contributed by atoms with Crippen LogP contribution in [0, 0.1) is 6.92 Å². The first-order valence-electron chi connectivity index (χ1n) is 4.57. The van der Waals surface area contributed by atoms with E-state index in [9.17, 15) is 5.11 Å². The van der Waals surface area contributed by atoms with Gasteiger partial charge in [0, 0.05) is 7.05 Å². The van der Waals surface area contributed by atoms with Gasteiger partial charge < -0.3 is 15.6 Å². The Morgan fingerprint density at radius 1 is 1.64 bits per heavy atom. The van der Waals surface area contributed by atoms with Crippen LogP contribution < -0.4 is 10.5 Å². The van der Waals surface area contributed by atoms with E-state index >= 15 is 0 Å². The maximum atomic E-state index is 9.81. The number of nitrogens with two attached hydrogens (primary N) is 1. The van der Waals surface area contributed by atoms with E-state index in [1.807, 2.05) is 6.92 Å². The van der Waals surface area contributed by atoms with E-state index < -0.39 is 6.10 Å². The fourth-order valence-electron chi connectivity index (χ4n) is 1.58. The van der Waals surface area contributed by atoms with Crippen molar-refractivity contribution in [3.8, 4) is 5.88 Å². The first-order valence-corrected chi connectivity index (χ1v) is 4.57. The second-order valence-electron chi connectivity index (χ2n) is 3.23. The van der Waals surface area contributed by atoms with Gasteiger partial charge in [0.2, 0.25) is 5.88 Å². The molecule has 1 aromatic rings. The molecule has 5 nitrogen and oxygen atoms in total. The van der Waals surface area contributed by atoms with Gasteiger partial charge in [0.25, 0.3) is 0 Å². The maximum Gasteiger partial charge on any atom is 0.217 e. The molecule has 0 radical (unpaired) electrons. The Hall–Kier alpha value is -1.07. The molecule has 1 unspecified atom stereocenters. The van der Waals surface area contributed by atoms with Crippen molar-refractivity contribution < 1.29 is 9.84 Å². The number of nitrogens with zero attached hydrogens (tertiary/aromatic N) is 2. The SMILES string of the molecule is COc1c(C(O)CCN)c(C)nn1C. The predicted octanol–water partition coefficient (Wildman–Crippen LogP) is 0.119. The third kappa shape index (κ3) is 1.88. The van der Waals surface area contributed by atoms with Gasteiger partial charge in [-0.2, -0.15) is 5.10 Å². The summed E-state index contributed by atoms with van der Waals surface area (Å²) in [6, 6.07) is 0. The van der Waals surface area contributed by atoms with Crippen molar-refractivity contribution in [1.29, 1.82) is 0 Å². The van der Waals surface area contributed by atoms with E-state index in [-0.39, 0.29) is 0 Å². The topological polar surface area (TPSA) is 73.3 Å². The Morgan fingerprint density at radius 3 is 2.79 bits per heavy atom. The minimum atomic E-state index is -0.594. The highest BCUT2D eigenvalue weighted by Gasteiger charge is 2.20. The van der Waals surface area contributed by atoms with Gasteiger partial charge in [0.15, 0.2) is 0 Å². The fourth-order valence-corrected chi connectivity index (χ4v) is 1.58. The normalized spacial score (nSPS) is 12.9. The largest absolute Gasteiger partial charge is 0.481 e. The molecular formula is C9H17N3O2. The Labute approximate surface area is 83.5 Å². The summed E-state index contributed by atoms with van der Waals surface area (Å²) in [7, 11) is 3.35. The molecule has 0 aliphatic heterocycles. The van der Waals surface area contributed by atoms with Crippen LogP contribution in [0.3, 0.4) is 0 Å². The summed E-state index contributed by atoms with van der Waals surface area (Å²) in [6.07, 6.45) is -0.0771. The quantitative estimate of drug-likeness (QED) is 0.722. The third-order valence-electron chi connectivity index (χ3n) is 2.18. The number of hydrogen-bond donors (Lipinski definition) is 2. The Morgan fingerprint density at radius 2 is 2.29 bits per heavy atom. The van der Waals surface area contributed by atoms with Crippen LogP contribution in [0.1, 0.15) is 23.8 Å². The molecule has 5 heteroatoms. The van der Waals surface area contributed by atoms with E-state index in [1.54, 1.807) is 18.8 Å². The number of rotatable bonds is 4. The highest BCUT2D eigenvalue weighted by atomic mass is 16.5. The molecule has 1 rings (SSSR count). The predicted molar refractivity (Wildman–Crippen MR) is 53.1 cm³/mol. The molecule has 80 valence electrons. The average molecular weight is 199 g/mol. The summed E-state index contributed by atoms with van der Waals surface area (Å²) in [5.41, 5.74) is 6.91. The van der Waals surface area contributed by atoms with Crippen molar-refractivity contribution in [1.82, 2.24) is 9.78 Å². The molecule has 0 aliphatic carbocycles. The minimum absolute atomic E-state index is 0.443. The molecule has 0 amide bonds. The van der Waals surface area contributed by atoms with E-state index in [4.69, 9.17) is 10.5 Å². The Kier molecular flexibility index (Phi) is 3.49. The zero-order chi connectivity index (χ0) is 10.7. The second kappa shape index (κ2) is 4.43. The molecule has 0 fully saturated rings. The van der Waals surface area contributed by atoms with Crippen LogP contribution in [0.15, 0.2) is 0 Å². The van der Waals surface area contributed by atoms with Crippen LogP contribution in [0.4, 0.5) is 0 Å². The van der Waals surface area contributed by atoms with Crippen molar-refractivity contribution in [3.63, 3.8) is 0 Å². The lowest BCUT2D eigenvalue weighted by atomic mass is 10.1. The number of aromatic nitrogens is 2. The first-order chi connectivity index (χ1) is 6.61. The molecule has 1 aromatic heterocycles. The number of aryl methyl sites for hydroxylation is 2. The zero-order valence-electron chi connectivity index (χ0n) is 8.82. The lowest BCUT2D eigenvalue weighted by Crippen LogP contribution is -2.08. The summed E-state index contributed by atoms with van der Waals surface area (Å²) in [6.45, 7) is 2.29. The summed E-state index contributed by atoms with van der Waals surface area (Å²) >= 11 is 0. The Bertz CT molecular complexity index is 309. The summed E-state index contributed by atoms with van der Waals surface area (Å²) in [5, 5.41) is 14.0. The van der Waals surface area contributed by atoms with Crippen molar-refractivity contribution in [2.75, 3.05) is 13.7 Å². The molecule has 1 heterocycles. The number of aliphatic hydroxyl groups is 1. The average Bonchev–Trinajstić information content (AvgIpc) is 2.40. The highest BCUT2D eigenvalue weighted by molar-refractivity contribution is 5.33. The van der Waals surface area contributed by atoms with Crippen molar-refractivity contribution >= 4 is 0 Å². The molecular weight excluding hydrogens is 182 g/mol. The van der Waals surface area contributed by atoms with Gasteiger partial charge in [-0.3, -0.25) is 0 Å². The van der Waals surface area contributed by atoms with Crippen molar-refractivity contribution in [2.24, 2.45) is 12.8 Å². The van der Waals surface area contributed by atoms with E-state index in [0.717, 1.165) is 11.3 Å². The zero-order valence-corrected chi connectivity index (χ0v) is 8.82. The van der Waals surface area contributed by atoms with Crippen LogP contribution in [-0.4, -0.2) is 28.5 Å². The van der Waals surface area contributed by atoms with Crippen LogP contribution in [0.25, 0.3) is 0 Å².